The molecule has 0 saturated carbocycles. The molecule has 2 heterocycles. The second kappa shape index (κ2) is 6.61. The molecule has 1 fully saturated rings. The molecule has 1 saturated heterocycles. The normalized spacial score (nSPS) is 17.2. The SMILES string of the molecule is C=CCn1c([C@@H]2CC(=O)N(c3ccc(C)c(Cl)c3)C2)nc2ccccc21. The molecule has 0 unspecified atom stereocenters. The molecule has 26 heavy (non-hydrogen) atoms. The van der Waals surface area contributed by atoms with Gasteiger partial charge in [0.15, 0.2) is 0 Å². The Morgan fingerprint density at radius 3 is 2.88 bits per heavy atom. The molecule has 0 radical (unpaired) electrons. The van der Waals surface area contributed by atoms with Crippen LogP contribution in [0.4, 0.5) is 5.69 Å². The highest BCUT2D eigenvalue weighted by Crippen LogP contribution is 2.34. The number of anilines is 1. The number of imidazole rings is 1. The Labute approximate surface area is 157 Å². The predicted octanol–water partition coefficient (Wildman–Crippen LogP) is 4.70. The Morgan fingerprint density at radius 1 is 1.31 bits per heavy atom. The van der Waals surface area contributed by atoms with Crippen molar-refractivity contribution < 1.29 is 4.79 Å². The molecule has 1 amide bonds. The van der Waals surface area contributed by atoms with Crippen molar-refractivity contribution >= 4 is 34.2 Å². The van der Waals surface area contributed by atoms with Gasteiger partial charge in [0.05, 0.1) is 11.0 Å². The number of carbonyl (C=O) groups is 1. The van der Waals surface area contributed by atoms with Gasteiger partial charge < -0.3 is 9.47 Å². The molecular formula is C21H20ClN3O. The number of allylic oxidation sites excluding steroid dienone is 1. The molecule has 4 rings (SSSR count). The summed E-state index contributed by atoms with van der Waals surface area (Å²) in [5, 5.41) is 0.678. The third-order valence-electron chi connectivity index (χ3n) is 4.95. The quantitative estimate of drug-likeness (QED) is 0.628. The average molecular weight is 366 g/mol. The molecule has 4 nitrogen and oxygen atoms in total. The minimum atomic E-state index is 0.0509. The summed E-state index contributed by atoms with van der Waals surface area (Å²) in [6.07, 6.45) is 2.32. The molecule has 0 aliphatic carbocycles. The first kappa shape index (κ1) is 16.9. The van der Waals surface area contributed by atoms with E-state index in [1.807, 2.05) is 54.3 Å². The Kier molecular flexibility index (Phi) is 4.29. The maximum Gasteiger partial charge on any atom is 0.227 e. The number of hydrogen-bond acceptors (Lipinski definition) is 2. The van der Waals surface area contributed by atoms with Crippen LogP contribution in [0.5, 0.6) is 0 Å². The molecule has 1 aliphatic rings. The summed E-state index contributed by atoms with van der Waals surface area (Å²) < 4.78 is 2.16. The van der Waals surface area contributed by atoms with Crippen LogP contribution in [0, 0.1) is 6.92 Å². The van der Waals surface area contributed by atoms with E-state index in [4.69, 9.17) is 16.6 Å². The fraction of sp³-hybridized carbons (Fsp3) is 0.238. The number of fused-ring (bicyclic) bond motifs is 1. The number of rotatable bonds is 4. The topological polar surface area (TPSA) is 38.1 Å². The van der Waals surface area contributed by atoms with Crippen LogP contribution in [0.3, 0.4) is 0 Å². The van der Waals surface area contributed by atoms with Crippen LogP contribution in [0.2, 0.25) is 5.02 Å². The molecule has 2 aromatic carbocycles. The highest BCUT2D eigenvalue weighted by atomic mass is 35.5. The lowest BCUT2D eigenvalue weighted by Crippen LogP contribution is -2.24. The van der Waals surface area contributed by atoms with E-state index in [2.05, 4.69) is 17.2 Å². The van der Waals surface area contributed by atoms with Crippen LogP contribution in [-0.4, -0.2) is 22.0 Å². The van der Waals surface area contributed by atoms with Crippen molar-refractivity contribution in [1.82, 2.24) is 9.55 Å². The zero-order chi connectivity index (χ0) is 18.3. The lowest BCUT2D eigenvalue weighted by molar-refractivity contribution is -0.117. The van der Waals surface area contributed by atoms with E-state index in [9.17, 15) is 4.79 Å². The number of amides is 1. The fourth-order valence-electron chi connectivity index (χ4n) is 3.61. The highest BCUT2D eigenvalue weighted by Gasteiger charge is 2.34. The third-order valence-corrected chi connectivity index (χ3v) is 5.36. The van der Waals surface area contributed by atoms with Gasteiger partial charge in [-0.1, -0.05) is 35.9 Å². The van der Waals surface area contributed by atoms with Gasteiger partial charge in [-0.25, -0.2) is 4.98 Å². The largest absolute Gasteiger partial charge is 0.324 e. The molecule has 1 aliphatic heterocycles. The van der Waals surface area contributed by atoms with Crippen molar-refractivity contribution in [2.45, 2.75) is 25.8 Å². The highest BCUT2D eigenvalue weighted by molar-refractivity contribution is 6.31. The van der Waals surface area contributed by atoms with E-state index in [1.54, 1.807) is 0 Å². The Bertz CT molecular complexity index is 1010. The first-order chi connectivity index (χ1) is 12.6. The smallest absolute Gasteiger partial charge is 0.227 e. The van der Waals surface area contributed by atoms with Gasteiger partial charge in [0.2, 0.25) is 5.91 Å². The summed E-state index contributed by atoms with van der Waals surface area (Å²) in [6, 6.07) is 13.8. The number of aromatic nitrogens is 2. The van der Waals surface area contributed by atoms with E-state index in [0.29, 0.717) is 24.5 Å². The number of hydrogen-bond donors (Lipinski definition) is 0. The Morgan fingerprint density at radius 2 is 2.12 bits per heavy atom. The standard InChI is InChI=1S/C21H20ClN3O/c1-3-10-24-19-7-5-4-6-18(19)23-21(24)15-11-20(26)25(13-15)16-9-8-14(2)17(22)12-16/h3-9,12,15H,1,10-11,13H2,2H3/t15-/m1/s1. The van der Waals surface area contributed by atoms with Crippen molar-refractivity contribution in [2.75, 3.05) is 11.4 Å². The van der Waals surface area contributed by atoms with Gasteiger partial charge in [0, 0.05) is 36.1 Å². The summed E-state index contributed by atoms with van der Waals surface area (Å²) in [4.78, 5) is 19.3. The summed E-state index contributed by atoms with van der Waals surface area (Å²) in [7, 11) is 0. The van der Waals surface area contributed by atoms with Gasteiger partial charge in [-0.05, 0) is 36.8 Å². The fourth-order valence-corrected chi connectivity index (χ4v) is 3.78. The molecule has 1 aromatic heterocycles. The minimum absolute atomic E-state index is 0.0509. The number of carbonyl (C=O) groups excluding carboxylic acids is 1. The van der Waals surface area contributed by atoms with Crippen molar-refractivity contribution in [3.63, 3.8) is 0 Å². The van der Waals surface area contributed by atoms with Crippen molar-refractivity contribution in [3.05, 3.63) is 71.5 Å². The van der Waals surface area contributed by atoms with Gasteiger partial charge in [0.1, 0.15) is 5.82 Å². The number of aryl methyl sites for hydroxylation is 1. The van der Waals surface area contributed by atoms with Crippen LogP contribution >= 0.6 is 11.6 Å². The minimum Gasteiger partial charge on any atom is -0.324 e. The van der Waals surface area contributed by atoms with Crippen LogP contribution in [-0.2, 0) is 11.3 Å². The van der Waals surface area contributed by atoms with E-state index >= 15 is 0 Å². The maximum atomic E-state index is 12.7. The van der Waals surface area contributed by atoms with Gasteiger partial charge in [-0.2, -0.15) is 0 Å². The number of halogens is 1. The Hall–Kier alpha value is -2.59. The number of para-hydroxylation sites is 2. The molecular weight excluding hydrogens is 346 g/mol. The second-order valence-corrected chi connectivity index (χ2v) is 7.10. The van der Waals surface area contributed by atoms with E-state index in [0.717, 1.165) is 28.1 Å². The molecule has 0 spiro atoms. The molecule has 0 N–H and O–H groups in total. The molecule has 0 bridgehead atoms. The average Bonchev–Trinajstić information content (AvgIpc) is 3.19. The molecule has 3 aromatic rings. The predicted molar refractivity (Wildman–Crippen MR) is 106 cm³/mol. The lowest BCUT2D eigenvalue weighted by Gasteiger charge is -2.18. The van der Waals surface area contributed by atoms with Crippen molar-refractivity contribution in [2.24, 2.45) is 0 Å². The van der Waals surface area contributed by atoms with Crippen LogP contribution in [0.25, 0.3) is 11.0 Å². The van der Waals surface area contributed by atoms with Crippen molar-refractivity contribution in [3.8, 4) is 0 Å². The van der Waals surface area contributed by atoms with Gasteiger partial charge in [-0.15, -0.1) is 6.58 Å². The van der Waals surface area contributed by atoms with Crippen LogP contribution < -0.4 is 4.90 Å². The van der Waals surface area contributed by atoms with E-state index < -0.39 is 0 Å². The molecule has 5 heteroatoms. The Balaban J connectivity index is 1.70. The summed E-state index contributed by atoms with van der Waals surface area (Å²) >= 11 is 6.25. The monoisotopic (exact) mass is 365 g/mol. The van der Waals surface area contributed by atoms with Crippen LogP contribution in [0.15, 0.2) is 55.1 Å². The first-order valence-corrected chi connectivity index (χ1v) is 9.09. The zero-order valence-corrected chi connectivity index (χ0v) is 15.4. The van der Waals surface area contributed by atoms with Crippen LogP contribution in [0.1, 0.15) is 23.7 Å². The van der Waals surface area contributed by atoms with Crippen molar-refractivity contribution in [1.29, 1.82) is 0 Å². The number of benzene rings is 2. The van der Waals surface area contributed by atoms with Gasteiger partial charge in [-0.3, -0.25) is 4.79 Å². The maximum absolute atomic E-state index is 12.7. The number of nitrogens with zero attached hydrogens (tertiary/aromatic N) is 3. The van der Waals surface area contributed by atoms with E-state index in [-0.39, 0.29) is 11.8 Å². The van der Waals surface area contributed by atoms with E-state index in [1.165, 1.54) is 0 Å². The lowest BCUT2D eigenvalue weighted by atomic mass is 10.1. The zero-order valence-electron chi connectivity index (χ0n) is 14.7. The summed E-state index contributed by atoms with van der Waals surface area (Å²) in [6.45, 7) is 7.11. The summed E-state index contributed by atoms with van der Waals surface area (Å²) in [5.41, 5.74) is 3.88. The van der Waals surface area contributed by atoms with Gasteiger partial charge in [0.25, 0.3) is 0 Å². The molecule has 1 atom stereocenters. The summed E-state index contributed by atoms with van der Waals surface area (Å²) in [5.74, 6) is 1.10. The first-order valence-electron chi connectivity index (χ1n) is 8.71. The third kappa shape index (κ3) is 2.80. The van der Waals surface area contributed by atoms with Gasteiger partial charge >= 0.3 is 0 Å². The molecule has 132 valence electrons. The second-order valence-electron chi connectivity index (χ2n) is 6.70.